The lowest BCUT2D eigenvalue weighted by Crippen LogP contribution is -2.34. The molecule has 0 aliphatic heterocycles. The maximum Gasteiger partial charge on any atom is 0.135 e. The topological polar surface area (TPSA) is 49.7 Å². The zero-order chi connectivity index (χ0) is 12.2. The molecule has 1 atom stereocenters. The molecule has 0 aliphatic rings. The first-order valence-corrected chi connectivity index (χ1v) is 5.27. The number of hydrogen-bond donors (Lipinski definition) is 2. The van der Waals surface area contributed by atoms with Gasteiger partial charge in [0.05, 0.1) is 27.7 Å². The number of benzene rings is 1. The summed E-state index contributed by atoms with van der Waals surface area (Å²) in [6.45, 7) is -0.174. The largest absolute Gasteiger partial charge is 0.491 e. The second-order valence-electron chi connectivity index (χ2n) is 4.66. The Balaban J connectivity index is 2.68. The molecule has 16 heavy (non-hydrogen) atoms. The van der Waals surface area contributed by atoms with Crippen molar-refractivity contribution in [3.8, 4) is 5.75 Å². The fourth-order valence-electron chi connectivity index (χ4n) is 1.24. The molecule has 0 bridgehead atoms. The van der Waals surface area contributed by atoms with E-state index in [1.54, 1.807) is 0 Å². The molecule has 1 unspecified atom stereocenters. The van der Waals surface area contributed by atoms with Gasteiger partial charge in [0.15, 0.2) is 0 Å². The van der Waals surface area contributed by atoms with Crippen LogP contribution >= 0.6 is 0 Å². The van der Waals surface area contributed by atoms with E-state index < -0.39 is 6.10 Å². The molecule has 0 radical (unpaired) electrons. The first-order valence-electron chi connectivity index (χ1n) is 5.27. The summed E-state index contributed by atoms with van der Waals surface area (Å²) in [5, 5.41) is 17.8. The second kappa shape index (κ2) is 5.30. The highest BCUT2D eigenvalue weighted by Crippen LogP contribution is 2.22. The van der Waals surface area contributed by atoms with Crippen molar-refractivity contribution in [1.82, 2.24) is 4.48 Å². The summed E-state index contributed by atoms with van der Waals surface area (Å²) in [7, 11) is 6.21. The van der Waals surface area contributed by atoms with Crippen LogP contribution in [0.25, 0.3) is 0 Å². The van der Waals surface area contributed by atoms with Gasteiger partial charge in [-0.15, -0.1) is 0 Å². The van der Waals surface area contributed by atoms with Crippen LogP contribution in [0.3, 0.4) is 0 Å². The van der Waals surface area contributed by atoms with Gasteiger partial charge in [0.2, 0.25) is 0 Å². The second-order valence-corrected chi connectivity index (χ2v) is 4.66. The van der Waals surface area contributed by atoms with Crippen molar-refractivity contribution in [2.75, 3.05) is 34.4 Å². The monoisotopic (exact) mass is 226 g/mol. The van der Waals surface area contributed by atoms with Crippen LogP contribution in [-0.2, 0) is 0 Å². The van der Waals surface area contributed by atoms with Crippen LogP contribution in [0.4, 0.5) is 5.69 Å². The quantitative estimate of drug-likeness (QED) is 0.723. The molecule has 1 rings (SSSR count). The van der Waals surface area contributed by atoms with Gasteiger partial charge in [-0.05, 0) is 12.1 Å². The van der Waals surface area contributed by atoms with Gasteiger partial charge in [0, 0.05) is 6.07 Å². The molecule has 4 heteroatoms. The van der Waals surface area contributed by atoms with Crippen LogP contribution in [0.1, 0.15) is 0 Å². The van der Waals surface area contributed by atoms with E-state index in [0.717, 1.165) is 5.69 Å². The van der Waals surface area contributed by atoms with Gasteiger partial charge in [-0.3, -0.25) is 4.48 Å². The Kier molecular flexibility index (Phi) is 4.29. The lowest BCUT2D eigenvalue weighted by atomic mass is 10.2. The molecule has 0 aliphatic carbocycles. The molecule has 4 nitrogen and oxygen atoms in total. The fraction of sp³-hybridized carbons (Fsp3) is 0.500. The number of rotatable bonds is 5. The van der Waals surface area contributed by atoms with Gasteiger partial charge in [-0.1, -0.05) is 6.07 Å². The van der Waals surface area contributed by atoms with Crippen LogP contribution in [0.5, 0.6) is 5.75 Å². The van der Waals surface area contributed by atoms with Gasteiger partial charge in [0.25, 0.3) is 0 Å². The third-order valence-corrected chi connectivity index (χ3v) is 2.25. The van der Waals surface area contributed by atoms with Gasteiger partial charge in [-0.2, -0.15) is 0 Å². The van der Waals surface area contributed by atoms with Crippen LogP contribution in [0.2, 0.25) is 0 Å². The van der Waals surface area contributed by atoms with E-state index in [0.29, 0.717) is 10.2 Å². The Morgan fingerprint density at radius 2 is 2.00 bits per heavy atom. The molecule has 0 fully saturated rings. The summed E-state index contributed by atoms with van der Waals surface area (Å²) >= 11 is 0. The minimum absolute atomic E-state index is 0.108. The van der Waals surface area contributed by atoms with Crippen molar-refractivity contribution in [3.05, 3.63) is 24.3 Å². The zero-order valence-electron chi connectivity index (χ0n) is 10.1. The summed E-state index contributed by atoms with van der Waals surface area (Å²) in [4.78, 5) is 0. The van der Waals surface area contributed by atoms with Gasteiger partial charge in [-0.25, -0.2) is 0 Å². The summed E-state index contributed by atoms with van der Waals surface area (Å²) in [5.41, 5.74) is 1.12. The third kappa shape index (κ3) is 3.81. The lowest BCUT2D eigenvalue weighted by molar-refractivity contribution is 0.0536. The molecule has 0 heterocycles. The van der Waals surface area contributed by atoms with Crippen molar-refractivity contribution in [3.63, 3.8) is 0 Å². The SMILES string of the molecule is C[N+](C)(C)c1cccc(OCC(O)CO)c1. The summed E-state index contributed by atoms with van der Waals surface area (Å²) in [6, 6.07) is 7.71. The van der Waals surface area contributed by atoms with Crippen molar-refractivity contribution >= 4 is 5.69 Å². The van der Waals surface area contributed by atoms with Gasteiger partial charge in [0.1, 0.15) is 24.1 Å². The molecule has 0 saturated heterocycles. The Bertz CT molecular complexity index is 333. The molecular weight excluding hydrogens is 206 g/mol. The Morgan fingerprint density at radius 1 is 1.31 bits per heavy atom. The van der Waals surface area contributed by atoms with Gasteiger partial charge < -0.3 is 14.9 Å². The predicted octanol–water partition coefficient (Wildman–Crippen LogP) is 0.615. The van der Waals surface area contributed by atoms with E-state index in [1.807, 2.05) is 24.3 Å². The number of aliphatic hydroxyl groups excluding tert-OH is 2. The molecule has 0 aromatic heterocycles. The molecule has 0 spiro atoms. The summed E-state index contributed by atoms with van der Waals surface area (Å²) in [5.74, 6) is 0.707. The number of hydrogen-bond acceptors (Lipinski definition) is 3. The highest BCUT2D eigenvalue weighted by Gasteiger charge is 2.12. The van der Waals surface area contributed by atoms with E-state index in [4.69, 9.17) is 14.9 Å². The van der Waals surface area contributed by atoms with Crippen LogP contribution in [0.15, 0.2) is 24.3 Å². The summed E-state index contributed by atoms with van der Waals surface area (Å²) in [6.07, 6.45) is -0.826. The van der Waals surface area contributed by atoms with Gasteiger partial charge >= 0.3 is 0 Å². The molecule has 0 amide bonds. The highest BCUT2D eigenvalue weighted by molar-refractivity contribution is 5.46. The average Bonchev–Trinajstić information content (AvgIpc) is 2.25. The Hall–Kier alpha value is -1.10. The molecular formula is C12H20NO3+. The maximum absolute atomic E-state index is 9.17. The molecule has 1 aromatic carbocycles. The zero-order valence-corrected chi connectivity index (χ0v) is 10.1. The highest BCUT2D eigenvalue weighted by atomic mass is 16.5. The first-order chi connectivity index (χ1) is 7.43. The summed E-state index contributed by atoms with van der Waals surface area (Å²) < 4.78 is 6.08. The number of ether oxygens (including phenoxy) is 1. The van der Waals surface area contributed by atoms with Crippen LogP contribution in [-0.4, -0.2) is 50.7 Å². The third-order valence-electron chi connectivity index (χ3n) is 2.25. The molecule has 90 valence electrons. The van der Waals surface area contributed by atoms with Crippen molar-refractivity contribution in [1.29, 1.82) is 0 Å². The van der Waals surface area contributed by atoms with Crippen LogP contribution in [0, 0.1) is 0 Å². The number of quaternary nitrogens is 1. The molecule has 0 saturated carbocycles. The minimum atomic E-state index is -0.826. The van der Waals surface area contributed by atoms with Crippen LogP contribution < -0.4 is 9.22 Å². The smallest absolute Gasteiger partial charge is 0.135 e. The van der Waals surface area contributed by atoms with E-state index in [2.05, 4.69) is 21.1 Å². The normalized spacial score (nSPS) is 13.6. The first kappa shape index (κ1) is 13.0. The Morgan fingerprint density at radius 3 is 2.56 bits per heavy atom. The van der Waals surface area contributed by atoms with E-state index in [-0.39, 0.29) is 13.2 Å². The van der Waals surface area contributed by atoms with Crippen molar-refractivity contribution in [2.45, 2.75) is 6.10 Å². The Labute approximate surface area is 96.3 Å². The van der Waals surface area contributed by atoms with E-state index >= 15 is 0 Å². The minimum Gasteiger partial charge on any atom is -0.491 e. The lowest BCUT2D eigenvalue weighted by Gasteiger charge is -2.23. The average molecular weight is 226 g/mol. The molecule has 2 N–H and O–H groups in total. The maximum atomic E-state index is 9.17. The fourth-order valence-corrected chi connectivity index (χ4v) is 1.24. The van der Waals surface area contributed by atoms with Crippen molar-refractivity contribution < 1.29 is 14.9 Å². The number of nitrogens with zero attached hydrogens (tertiary/aromatic N) is 1. The number of aliphatic hydroxyl groups is 2. The van der Waals surface area contributed by atoms with Crippen molar-refractivity contribution in [2.24, 2.45) is 0 Å². The van der Waals surface area contributed by atoms with E-state index in [1.165, 1.54) is 0 Å². The van der Waals surface area contributed by atoms with E-state index in [9.17, 15) is 0 Å². The molecule has 1 aromatic rings. The standard InChI is InChI=1S/C12H20NO3/c1-13(2,3)10-5-4-6-12(7-10)16-9-11(15)8-14/h4-7,11,14-15H,8-9H2,1-3H3/q+1. The predicted molar refractivity (Wildman–Crippen MR) is 64.6 cm³/mol.